The number of hydrogen-bond donors (Lipinski definition) is 1. The van der Waals surface area contributed by atoms with Crippen LogP contribution >= 0.6 is 23.1 Å². The van der Waals surface area contributed by atoms with Gasteiger partial charge in [-0.15, -0.1) is 11.3 Å². The first-order valence-electron chi connectivity index (χ1n) is 8.99. The number of amides is 1. The zero-order chi connectivity index (χ0) is 18.2. The Morgan fingerprint density at radius 3 is 2.76 bits per heavy atom. The van der Waals surface area contributed by atoms with Crippen molar-refractivity contribution >= 4 is 39.2 Å². The molecule has 0 spiro atoms. The maximum absolute atomic E-state index is 12.3. The Morgan fingerprint density at radius 2 is 2.08 bits per heavy atom. The van der Waals surface area contributed by atoms with Crippen molar-refractivity contribution in [2.75, 3.05) is 26.2 Å². The van der Waals surface area contributed by atoms with E-state index in [1.54, 1.807) is 17.7 Å². The minimum Gasteiger partial charge on any atom is -0.355 e. The van der Waals surface area contributed by atoms with E-state index < -0.39 is 0 Å². The van der Waals surface area contributed by atoms with Crippen molar-refractivity contribution in [3.05, 3.63) is 17.3 Å². The lowest BCUT2D eigenvalue weighted by molar-refractivity contribution is -0.120. The van der Waals surface area contributed by atoms with E-state index in [2.05, 4.69) is 47.0 Å². The SMILES string of the molecule is CCc1cc2c(SC(C)C(=O)NCCCN(CC)CC)ncnc2s1. The third-order valence-electron chi connectivity index (χ3n) is 4.19. The highest BCUT2D eigenvalue weighted by Gasteiger charge is 2.17. The molecule has 0 aromatic carbocycles. The molecule has 7 heteroatoms. The summed E-state index contributed by atoms with van der Waals surface area (Å²) in [5, 5.41) is 4.83. The van der Waals surface area contributed by atoms with E-state index in [-0.39, 0.29) is 11.2 Å². The molecule has 2 heterocycles. The van der Waals surface area contributed by atoms with Crippen LogP contribution in [-0.4, -0.2) is 52.2 Å². The predicted molar refractivity (Wildman–Crippen MR) is 108 cm³/mol. The zero-order valence-electron chi connectivity index (χ0n) is 15.5. The number of carbonyl (C=O) groups is 1. The molecule has 0 bridgehead atoms. The fraction of sp³-hybridized carbons (Fsp3) is 0.611. The number of aryl methyl sites for hydroxylation is 1. The minimum absolute atomic E-state index is 0.0715. The number of aromatic nitrogens is 2. The van der Waals surface area contributed by atoms with Crippen LogP contribution in [0.5, 0.6) is 0 Å². The van der Waals surface area contributed by atoms with Crippen molar-refractivity contribution in [2.24, 2.45) is 0 Å². The molecule has 0 aliphatic rings. The molecule has 1 unspecified atom stereocenters. The van der Waals surface area contributed by atoms with Crippen molar-refractivity contribution in [1.29, 1.82) is 0 Å². The van der Waals surface area contributed by atoms with Gasteiger partial charge in [-0.05, 0) is 45.5 Å². The lowest BCUT2D eigenvalue weighted by atomic mass is 10.3. The molecule has 0 aliphatic carbocycles. The summed E-state index contributed by atoms with van der Waals surface area (Å²) in [6.45, 7) is 12.3. The standard InChI is InChI=1S/C18H28N4OS2/c1-5-14-11-15-17(20-12-21-18(15)25-14)24-13(4)16(23)19-9-8-10-22(6-2)7-3/h11-13H,5-10H2,1-4H3,(H,19,23). The van der Waals surface area contributed by atoms with E-state index in [4.69, 9.17) is 0 Å². The van der Waals surface area contributed by atoms with Gasteiger partial charge in [-0.1, -0.05) is 32.5 Å². The number of fused-ring (bicyclic) bond motifs is 1. The van der Waals surface area contributed by atoms with Gasteiger partial charge < -0.3 is 10.2 Å². The van der Waals surface area contributed by atoms with Crippen LogP contribution in [0, 0.1) is 0 Å². The van der Waals surface area contributed by atoms with Gasteiger partial charge in [-0.3, -0.25) is 4.79 Å². The van der Waals surface area contributed by atoms with Gasteiger partial charge in [0.1, 0.15) is 16.2 Å². The monoisotopic (exact) mass is 380 g/mol. The first kappa shape index (κ1) is 20.1. The highest BCUT2D eigenvalue weighted by atomic mass is 32.2. The van der Waals surface area contributed by atoms with Crippen molar-refractivity contribution in [2.45, 2.75) is 50.8 Å². The Bertz CT molecular complexity index is 685. The largest absolute Gasteiger partial charge is 0.355 e. The second-order valence-corrected chi connectivity index (χ2v) is 8.34. The Labute approximate surface area is 158 Å². The topological polar surface area (TPSA) is 58.1 Å². The third-order valence-corrected chi connectivity index (χ3v) is 6.50. The molecule has 25 heavy (non-hydrogen) atoms. The van der Waals surface area contributed by atoms with Gasteiger partial charge >= 0.3 is 0 Å². The fourth-order valence-corrected chi connectivity index (χ4v) is 4.49. The van der Waals surface area contributed by atoms with Crippen LogP contribution in [0.4, 0.5) is 0 Å². The lowest BCUT2D eigenvalue weighted by Crippen LogP contribution is -2.34. The van der Waals surface area contributed by atoms with Crippen LogP contribution in [0.15, 0.2) is 17.4 Å². The quantitative estimate of drug-likeness (QED) is 0.388. The van der Waals surface area contributed by atoms with Gasteiger partial charge in [0.15, 0.2) is 0 Å². The second kappa shape index (κ2) is 10.1. The van der Waals surface area contributed by atoms with Crippen molar-refractivity contribution in [3.63, 3.8) is 0 Å². The molecule has 0 radical (unpaired) electrons. The summed E-state index contributed by atoms with van der Waals surface area (Å²) in [4.78, 5) is 25.7. The second-order valence-electron chi connectivity index (χ2n) is 5.90. The molecule has 0 fully saturated rings. The predicted octanol–water partition coefficient (Wildman–Crippen LogP) is 3.58. The molecule has 2 aromatic heterocycles. The Kier molecular flexibility index (Phi) is 8.12. The van der Waals surface area contributed by atoms with E-state index in [1.165, 1.54) is 16.6 Å². The summed E-state index contributed by atoms with van der Waals surface area (Å²) in [6.07, 6.45) is 3.57. The molecule has 1 amide bonds. The number of thiophene rings is 1. The van der Waals surface area contributed by atoms with Gasteiger partial charge in [-0.2, -0.15) is 0 Å². The number of rotatable bonds is 10. The molecule has 1 atom stereocenters. The molecule has 0 aliphatic heterocycles. The van der Waals surface area contributed by atoms with E-state index in [9.17, 15) is 4.79 Å². The van der Waals surface area contributed by atoms with Crippen molar-refractivity contribution in [3.8, 4) is 0 Å². The summed E-state index contributed by atoms with van der Waals surface area (Å²) in [5.74, 6) is 0.0715. The van der Waals surface area contributed by atoms with Gasteiger partial charge in [-0.25, -0.2) is 9.97 Å². The molecule has 0 saturated carbocycles. The van der Waals surface area contributed by atoms with Crippen LogP contribution in [-0.2, 0) is 11.2 Å². The summed E-state index contributed by atoms with van der Waals surface area (Å²) in [7, 11) is 0. The number of thioether (sulfide) groups is 1. The Morgan fingerprint density at radius 1 is 1.32 bits per heavy atom. The van der Waals surface area contributed by atoms with Crippen LogP contribution < -0.4 is 5.32 Å². The van der Waals surface area contributed by atoms with Gasteiger partial charge in [0.25, 0.3) is 0 Å². The average Bonchev–Trinajstić information content (AvgIpc) is 3.06. The van der Waals surface area contributed by atoms with E-state index >= 15 is 0 Å². The summed E-state index contributed by atoms with van der Waals surface area (Å²) >= 11 is 3.21. The van der Waals surface area contributed by atoms with Crippen LogP contribution in [0.1, 0.15) is 39.0 Å². The number of hydrogen-bond acceptors (Lipinski definition) is 6. The van der Waals surface area contributed by atoms with Crippen LogP contribution in [0.25, 0.3) is 10.2 Å². The summed E-state index contributed by atoms with van der Waals surface area (Å²) in [6, 6.07) is 2.15. The Balaban J connectivity index is 1.88. The summed E-state index contributed by atoms with van der Waals surface area (Å²) in [5.41, 5.74) is 0. The normalized spacial score (nSPS) is 12.7. The van der Waals surface area contributed by atoms with Crippen LogP contribution in [0.2, 0.25) is 0 Å². The third kappa shape index (κ3) is 5.66. The minimum atomic E-state index is -0.170. The fourth-order valence-electron chi connectivity index (χ4n) is 2.57. The number of nitrogens with one attached hydrogen (secondary N) is 1. The van der Waals surface area contributed by atoms with Gasteiger partial charge in [0, 0.05) is 16.8 Å². The first-order chi connectivity index (χ1) is 12.1. The highest BCUT2D eigenvalue weighted by molar-refractivity contribution is 8.00. The molecule has 138 valence electrons. The Hall–Kier alpha value is -1.18. The smallest absolute Gasteiger partial charge is 0.233 e. The molecule has 2 rings (SSSR count). The maximum atomic E-state index is 12.3. The molecule has 1 N–H and O–H groups in total. The molecule has 2 aromatic rings. The first-order valence-corrected chi connectivity index (χ1v) is 10.7. The average molecular weight is 381 g/mol. The lowest BCUT2D eigenvalue weighted by Gasteiger charge is -2.18. The molecule has 0 saturated heterocycles. The van der Waals surface area contributed by atoms with E-state index in [0.29, 0.717) is 0 Å². The number of carbonyl (C=O) groups excluding carboxylic acids is 1. The van der Waals surface area contributed by atoms with Crippen LogP contribution in [0.3, 0.4) is 0 Å². The summed E-state index contributed by atoms with van der Waals surface area (Å²) < 4.78 is 0. The highest BCUT2D eigenvalue weighted by Crippen LogP contribution is 2.32. The molecule has 5 nitrogen and oxygen atoms in total. The van der Waals surface area contributed by atoms with Crippen molar-refractivity contribution in [1.82, 2.24) is 20.2 Å². The molecular formula is C18H28N4OS2. The zero-order valence-corrected chi connectivity index (χ0v) is 17.2. The molecular weight excluding hydrogens is 352 g/mol. The van der Waals surface area contributed by atoms with E-state index in [1.807, 2.05) is 6.92 Å². The maximum Gasteiger partial charge on any atom is 0.233 e. The van der Waals surface area contributed by atoms with Gasteiger partial charge in [0.2, 0.25) is 5.91 Å². The van der Waals surface area contributed by atoms with Gasteiger partial charge in [0.05, 0.1) is 5.25 Å². The number of nitrogens with zero attached hydrogens (tertiary/aromatic N) is 3. The van der Waals surface area contributed by atoms with Crippen molar-refractivity contribution < 1.29 is 4.79 Å². The van der Waals surface area contributed by atoms with E-state index in [0.717, 1.165) is 54.3 Å².